The van der Waals surface area contributed by atoms with Crippen molar-refractivity contribution >= 4 is 26.0 Å². The molecule has 0 saturated heterocycles. The van der Waals surface area contributed by atoms with Gasteiger partial charge in [0.1, 0.15) is 0 Å². The summed E-state index contributed by atoms with van der Waals surface area (Å²) >= 11 is 3.38. The average molecular weight is 316 g/mol. The Hall–Kier alpha value is 0.350. The third-order valence-corrected chi connectivity index (χ3v) is 4.78. The number of alkyl halides is 1. The van der Waals surface area contributed by atoms with E-state index in [0.717, 1.165) is 0 Å². The van der Waals surface area contributed by atoms with Crippen molar-refractivity contribution in [2.24, 2.45) is 5.41 Å². The van der Waals surface area contributed by atoms with Crippen LogP contribution in [-0.4, -0.2) is 50.6 Å². The quantitative estimate of drug-likeness (QED) is 0.701. The van der Waals surface area contributed by atoms with Crippen LogP contribution in [0.15, 0.2) is 0 Å². The fraction of sp³-hybridized carbons (Fsp3) is 1.00. The van der Waals surface area contributed by atoms with E-state index in [-0.39, 0.29) is 16.0 Å². The smallest absolute Gasteiger partial charge is 0.214 e. The molecular formula is C10H22BrNO3S. The molecule has 0 fully saturated rings. The van der Waals surface area contributed by atoms with Crippen LogP contribution in [0.25, 0.3) is 0 Å². The van der Waals surface area contributed by atoms with Crippen molar-refractivity contribution in [1.29, 1.82) is 0 Å². The molecule has 0 amide bonds. The SMILES string of the molecule is COCC(Br)CN(C)S(=O)(=O)CC(C)(C)C. The first-order valence-corrected chi connectivity index (χ1v) is 7.68. The van der Waals surface area contributed by atoms with Crippen LogP contribution < -0.4 is 0 Å². The molecule has 1 atom stereocenters. The minimum atomic E-state index is -3.18. The molecule has 6 heteroatoms. The summed E-state index contributed by atoms with van der Waals surface area (Å²) in [4.78, 5) is 0.0252. The van der Waals surface area contributed by atoms with Gasteiger partial charge in [-0.05, 0) is 5.41 Å². The molecule has 0 aromatic rings. The Labute approximate surface area is 108 Å². The van der Waals surface area contributed by atoms with Crippen molar-refractivity contribution in [2.75, 3.05) is 33.1 Å². The first-order valence-electron chi connectivity index (χ1n) is 5.15. The van der Waals surface area contributed by atoms with Crippen LogP contribution in [0.3, 0.4) is 0 Å². The highest BCUT2D eigenvalue weighted by molar-refractivity contribution is 9.09. The highest BCUT2D eigenvalue weighted by atomic mass is 79.9. The maximum absolute atomic E-state index is 12.0. The molecule has 4 nitrogen and oxygen atoms in total. The van der Waals surface area contributed by atoms with Crippen LogP contribution in [0.1, 0.15) is 20.8 Å². The van der Waals surface area contributed by atoms with Crippen LogP contribution in [-0.2, 0) is 14.8 Å². The van der Waals surface area contributed by atoms with Gasteiger partial charge in [-0.3, -0.25) is 0 Å². The van der Waals surface area contributed by atoms with Gasteiger partial charge >= 0.3 is 0 Å². The summed E-state index contributed by atoms with van der Waals surface area (Å²) in [6.07, 6.45) is 0. The normalized spacial score (nSPS) is 15.4. The van der Waals surface area contributed by atoms with Gasteiger partial charge in [0.05, 0.1) is 17.2 Å². The first kappa shape index (κ1) is 16.4. The van der Waals surface area contributed by atoms with Gasteiger partial charge in [-0.1, -0.05) is 36.7 Å². The van der Waals surface area contributed by atoms with Gasteiger partial charge in [0.2, 0.25) is 10.0 Å². The molecule has 0 N–H and O–H groups in total. The molecule has 0 rings (SSSR count). The van der Waals surface area contributed by atoms with Crippen molar-refractivity contribution in [2.45, 2.75) is 25.6 Å². The Kier molecular flexibility index (Phi) is 6.47. The van der Waals surface area contributed by atoms with Gasteiger partial charge < -0.3 is 4.74 Å². The monoisotopic (exact) mass is 315 g/mol. The van der Waals surface area contributed by atoms with E-state index in [1.54, 1.807) is 14.2 Å². The van der Waals surface area contributed by atoms with E-state index >= 15 is 0 Å². The Morgan fingerprint density at radius 3 is 2.25 bits per heavy atom. The lowest BCUT2D eigenvalue weighted by molar-refractivity contribution is 0.195. The molecule has 0 aliphatic heterocycles. The number of rotatable bonds is 6. The summed E-state index contributed by atoms with van der Waals surface area (Å²) in [6.45, 7) is 6.67. The summed E-state index contributed by atoms with van der Waals surface area (Å²) < 4.78 is 30.2. The van der Waals surface area contributed by atoms with Crippen molar-refractivity contribution in [3.8, 4) is 0 Å². The highest BCUT2D eigenvalue weighted by Gasteiger charge is 2.26. The largest absolute Gasteiger partial charge is 0.383 e. The fourth-order valence-electron chi connectivity index (χ4n) is 1.28. The van der Waals surface area contributed by atoms with Gasteiger partial charge in [-0.2, -0.15) is 0 Å². The third-order valence-electron chi connectivity index (χ3n) is 1.89. The van der Waals surface area contributed by atoms with Crippen molar-refractivity contribution in [3.05, 3.63) is 0 Å². The molecule has 0 aromatic carbocycles. The van der Waals surface area contributed by atoms with Crippen LogP contribution >= 0.6 is 15.9 Å². The number of sulfonamides is 1. The minimum Gasteiger partial charge on any atom is -0.383 e. The second-order valence-electron chi connectivity index (χ2n) is 5.15. The molecule has 0 spiro atoms. The van der Waals surface area contributed by atoms with Crippen molar-refractivity contribution in [3.63, 3.8) is 0 Å². The van der Waals surface area contributed by atoms with E-state index in [2.05, 4.69) is 15.9 Å². The number of hydrogen-bond donors (Lipinski definition) is 0. The molecule has 0 aromatic heterocycles. The minimum absolute atomic E-state index is 0.0252. The number of methoxy groups -OCH3 is 1. The number of ether oxygens (including phenoxy) is 1. The van der Waals surface area contributed by atoms with E-state index in [0.29, 0.717) is 13.2 Å². The van der Waals surface area contributed by atoms with E-state index < -0.39 is 10.0 Å². The average Bonchev–Trinajstić information content (AvgIpc) is 1.99. The molecule has 1 unspecified atom stereocenters. The van der Waals surface area contributed by atoms with Crippen LogP contribution in [0.2, 0.25) is 0 Å². The predicted octanol–water partition coefficient (Wildman–Crippen LogP) is 1.70. The third kappa shape index (κ3) is 6.83. The van der Waals surface area contributed by atoms with Crippen molar-refractivity contribution in [1.82, 2.24) is 4.31 Å². The Morgan fingerprint density at radius 1 is 1.38 bits per heavy atom. The van der Waals surface area contributed by atoms with Gasteiger partial charge in [0, 0.05) is 20.7 Å². The number of hydrogen-bond acceptors (Lipinski definition) is 3. The second-order valence-corrected chi connectivity index (χ2v) is 8.52. The van der Waals surface area contributed by atoms with Crippen molar-refractivity contribution < 1.29 is 13.2 Å². The molecular weight excluding hydrogens is 294 g/mol. The van der Waals surface area contributed by atoms with Crippen LogP contribution in [0.4, 0.5) is 0 Å². The van der Waals surface area contributed by atoms with Crippen LogP contribution in [0, 0.1) is 5.41 Å². The van der Waals surface area contributed by atoms with Gasteiger partial charge in [-0.15, -0.1) is 0 Å². The standard InChI is InChI=1S/C10H22BrNO3S/c1-10(2,3)8-16(13,14)12(4)6-9(11)7-15-5/h9H,6-8H2,1-5H3. The zero-order valence-corrected chi connectivity index (χ0v) is 13.1. The van der Waals surface area contributed by atoms with E-state index in [4.69, 9.17) is 4.74 Å². The predicted molar refractivity (Wildman–Crippen MR) is 70.5 cm³/mol. The lowest BCUT2D eigenvalue weighted by Crippen LogP contribution is -2.38. The lowest BCUT2D eigenvalue weighted by atomic mass is 10.0. The fourth-order valence-corrected chi connectivity index (χ4v) is 3.90. The van der Waals surface area contributed by atoms with Crippen LogP contribution in [0.5, 0.6) is 0 Å². The Morgan fingerprint density at radius 2 is 1.88 bits per heavy atom. The molecule has 16 heavy (non-hydrogen) atoms. The topological polar surface area (TPSA) is 46.6 Å². The molecule has 98 valence electrons. The zero-order chi connectivity index (χ0) is 13.0. The second kappa shape index (κ2) is 6.33. The van der Waals surface area contributed by atoms with E-state index in [1.165, 1.54) is 4.31 Å². The maximum Gasteiger partial charge on any atom is 0.214 e. The summed E-state index contributed by atoms with van der Waals surface area (Å²) in [5.41, 5.74) is -0.226. The van der Waals surface area contributed by atoms with E-state index in [1.807, 2.05) is 20.8 Å². The molecule has 0 bridgehead atoms. The molecule has 0 aliphatic rings. The first-order chi connectivity index (χ1) is 7.08. The number of nitrogens with zero attached hydrogens (tertiary/aromatic N) is 1. The van der Waals surface area contributed by atoms with Gasteiger partial charge in [-0.25, -0.2) is 12.7 Å². The van der Waals surface area contributed by atoms with E-state index in [9.17, 15) is 8.42 Å². The van der Waals surface area contributed by atoms with Gasteiger partial charge in [0.15, 0.2) is 0 Å². The molecule has 0 aliphatic carbocycles. The summed E-state index contributed by atoms with van der Waals surface area (Å²) in [5, 5.41) is 0. The van der Waals surface area contributed by atoms with Gasteiger partial charge in [0.25, 0.3) is 0 Å². The molecule has 0 saturated carbocycles. The molecule has 0 heterocycles. The number of halogens is 1. The highest BCUT2D eigenvalue weighted by Crippen LogP contribution is 2.18. The summed E-state index contributed by atoms with van der Waals surface area (Å²) in [6, 6.07) is 0. The Balaban J connectivity index is 4.42. The Bertz CT molecular complexity index is 298. The molecule has 0 radical (unpaired) electrons. The lowest BCUT2D eigenvalue weighted by Gasteiger charge is -2.25. The zero-order valence-electron chi connectivity index (χ0n) is 10.7. The summed E-state index contributed by atoms with van der Waals surface area (Å²) in [7, 11) is 0.0137. The summed E-state index contributed by atoms with van der Waals surface area (Å²) in [5.74, 6) is 0.156. The maximum atomic E-state index is 12.0.